The zero-order valence-corrected chi connectivity index (χ0v) is 10.9. The summed E-state index contributed by atoms with van der Waals surface area (Å²) in [5.74, 6) is 0. The second-order valence-electron chi connectivity index (χ2n) is 4.59. The molecule has 0 bridgehead atoms. The first-order valence-electron chi connectivity index (χ1n) is 5.62. The van der Waals surface area contributed by atoms with Gasteiger partial charge in [0, 0.05) is 22.7 Å². The van der Waals surface area contributed by atoms with Gasteiger partial charge in [0.2, 0.25) is 0 Å². The molecule has 16 heavy (non-hydrogen) atoms. The van der Waals surface area contributed by atoms with Gasteiger partial charge in [-0.15, -0.1) is 0 Å². The molecule has 0 heterocycles. The van der Waals surface area contributed by atoms with Gasteiger partial charge in [0.1, 0.15) is 0 Å². The third-order valence-corrected chi connectivity index (χ3v) is 3.62. The van der Waals surface area contributed by atoms with Crippen LogP contribution in [0.4, 0.5) is 5.69 Å². The summed E-state index contributed by atoms with van der Waals surface area (Å²) in [7, 11) is 0. The summed E-state index contributed by atoms with van der Waals surface area (Å²) in [5, 5.41) is 13.4. The lowest BCUT2D eigenvalue weighted by atomic mass is 9.88. The summed E-state index contributed by atoms with van der Waals surface area (Å²) in [4.78, 5) is 0. The lowest BCUT2D eigenvalue weighted by Gasteiger charge is -2.27. The zero-order valence-electron chi connectivity index (χ0n) is 10.2. The van der Waals surface area contributed by atoms with Crippen molar-refractivity contribution in [3.05, 3.63) is 28.8 Å². The summed E-state index contributed by atoms with van der Waals surface area (Å²) in [6, 6.07) is 5.82. The third-order valence-electron chi connectivity index (χ3n) is 3.21. The van der Waals surface area contributed by atoms with Gasteiger partial charge in [0.15, 0.2) is 0 Å². The Hall–Kier alpha value is -0.730. The lowest BCUT2D eigenvalue weighted by Crippen LogP contribution is -2.29. The van der Waals surface area contributed by atoms with Crippen molar-refractivity contribution in [2.75, 3.05) is 18.5 Å². The van der Waals surface area contributed by atoms with Gasteiger partial charge in [-0.1, -0.05) is 31.5 Å². The molecule has 1 unspecified atom stereocenters. The van der Waals surface area contributed by atoms with Crippen LogP contribution in [0.25, 0.3) is 0 Å². The van der Waals surface area contributed by atoms with E-state index in [1.54, 1.807) is 0 Å². The molecule has 0 spiro atoms. The van der Waals surface area contributed by atoms with Gasteiger partial charge >= 0.3 is 0 Å². The summed E-state index contributed by atoms with van der Waals surface area (Å²) in [6.45, 7) is 7.09. The molecule has 2 nitrogen and oxygen atoms in total. The molecule has 1 atom stereocenters. The molecule has 0 aliphatic carbocycles. The van der Waals surface area contributed by atoms with Gasteiger partial charge in [-0.05, 0) is 31.0 Å². The van der Waals surface area contributed by atoms with Gasteiger partial charge < -0.3 is 10.4 Å². The standard InChI is InChI=1S/C13H20ClNO/c1-4-13(3,9-16)8-15-12-7-5-6-11(14)10(12)2/h5-7,15-16H,4,8-9H2,1-3H3. The topological polar surface area (TPSA) is 32.3 Å². The summed E-state index contributed by atoms with van der Waals surface area (Å²) >= 11 is 6.04. The molecular formula is C13H20ClNO. The molecule has 0 saturated carbocycles. The first-order chi connectivity index (χ1) is 7.52. The predicted molar refractivity (Wildman–Crippen MR) is 70.2 cm³/mol. The maximum atomic E-state index is 9.32. The molecule has 0 aliphatic rings. The van der Waals surface area contributed by atoms with E-state index < -0.39 is 0 Å². The number of rotatable bonds is 5. The van der Waals surface area contributed by atoms with E-state index in [2.05, 4.69) is 19.2 Å². The van der Waals surface area contributed by atoms with Gasteiger partial charge in [-0.2, -0.15) is 0 Å². The van der Waals surface area contributed by atoms with E-state index in [0.717, 1.165) is 29.2 Å². The predicted octanol–water partition coefficient (Wildman–Crippen LogP) is 3.47. The van der Waals surface area contributed by atoms with Gasteiger partial charge in [0.25, 0.3) is 0 Å². The second kappa shape index (κ2) is 5.55. The Morgan fingerprint density at radius 2 is 2.12 bits per heavy atom. The van der Waals surface area contributed by atoms with Crippen LogP contribution in [0.15, 0.2) is 18.2 Å². The molecule has 0 amide bonds. The average molecular weight is 242 g/mol. The number of hydrogen-bond donors (Lipinski definition) is 2. The second-order valence-corrected chi connectivity index (χ2v) is 5.00. The van der Waals surface area contributed by atoms with Gasteiger partial charge in [-0.3, -0.25) is 0 Å². The van der Waals surface area contributed by atoms with Crippen LogP contribution in [-0.4, -0.2) is 18.3 Å². The van der Waals surface area contributed by atoms with Gasteiger partial charge in [-0.25, -0.2) is 0 Å². The minimum Gasteiger partial charge on any atom is -0.396 e. The van der Waals surface area contributed by atoms with Crippen molar-refractivity contribution in [1.29, 1.82) is 0 Å². The fourth-order valence-electron chi connectivity index (χ4n) is 1.40. The number of aliphatic hydroxyl groups excluding tert-OH is 1. The van der Waals surface area contributed by atoms with Crippen LogP contribution < -0.4 is 5.32 Å². The first-order valence-corrected chi connectivity index (χ1v) is 6.00. The molecule has 1 aromatic carbocycles. The highest BCUT2D eigenvalue weighted by molar-refractivity contribution is 6.31. The van der Waals surface area contributed by atoms with Crippen LogP contribution in [0.2, 0.25) is 5.02 Å². The van der Waals surface area contributed by atoms with Crippen molar-refractivity contribution in [2.45, 2.75) is 27.2 Å². The number of halogens is 1. The lowest BCUT2D eigenvalue weighted by molar-refractivity contribution is 0.149. The Kier molecular flexibility index (Phi) is 4.63. The molecule has 0 fully saturated rings. The molecular weight excluding hydrogens is 222 g/mol. The highest BCUT2D eigenvalue weighted by Crippen LogP contribution is 2.26. The highest BCUT2D eigenvalue weighted by atomic mass is 35.5. The third kappa shape index (κ3) is 3.13. The quantitative estimate of drug-likeness (QED) is 0.828. The van der Waals surface area contributed by atoms with Crippen molar-refractivity contribution >= 4 is 17.3 Å². The van der Waals surface area contributed by atoms with Gasteiger partial charge in [0.05, 0.1) is 6.61 Å². The first kappa shape index (κ1) is 13.3. The Balaban J connectivity index is 2.71. The monoisotopic (exact) mass is 241 g/mol. The number of hydrogen-bond acceptors (Lipinski definition) is 2. The van der Waals surface area contributed by atoms with Crippen molar-refractivity contribution < 1.29 is 5.11 Å². The van der Waals surface area contributed by atoms with E-state index in [1.807, 2.05) is 25.1 Å². The van der Waals surface area contributed by atoms with Crippen molar-refractivity contribution in [3.8, 4) is 0 Å². The molecule has 1 rings (SSSR count). The molecule has 2 N–H and O–H groups in total. The summed E-state index contributed by atoms with van der Waals surface area (Å²) in [5.41, 5.74) is 2.02. The minimum atomic E-state index is -0.0746. The molecule has 1 aromatic rings. The van der Waals surface area contributed by atoms with E-state index in [0.29, 0.717) is 0 Å². The molecule has 3 heteroatoms. The van der Waals surface area contributed by atoms with Crippen LogP contribution in [0.3, 0.4) is 0 Å². The number of aliphatic hydroxyl groups is 1. The Labute approximate surface area is 103 Å². The fourth-order valence-corrected chi connectivity index (χ4v) is 1.57. The van der Waals surface area contributed by atoms with E-state index in [9.17, 15) is 5.11 Å². The Morgan fingerprint density at radius 3 is 2.69 bits per heavy atom. The molecule has 0 saturated heterocycles. The number of benzene rings is 1. The van der Waals surface area contributed by atoms with Crippen molar-refractivity contribution in [1.82, 2.24) is 0 Å². The Bertz CT molecular complexity index is 348. The highest BCUT2D eigenvalue weighted by Gasteiger charge is 2.20. The number of nitrogens with one attached hydrogen (secondary N) is 1. The van der Waals surface area contributed by atoms with E-state index >= 15 is 0 Å². The van der Waals surface area contributed by atoms with Crippen LogP contribution in [0.5, 0.6) is 0 Å². The molecule has 90 valence electrons. The molecule has 0 aliphatic heterocycles. The van der Waals surface area contributed by atoms with Crippen LogP contribution in [-0.2, 0) is 0 Å². The van der Waals surface area contributed by atoms with Crippen LogP contribution in [0.1, 0.15) is 25.8 Å². The minimum absolute atomic E-state index is 0.0746. The smallest absolute Gasteiger partial charge is 0.0501 e. The SMILES string of the molecule is CCC(C)(CO)CNc1cccc(Cl)c1C. The summed E-state index contributed by atoms with van der Waals surface area (Å²) < 4.78 is 0. The van der Waals surface area contributed by atoms with Crippen LogP contribution >= 0.6 is 11.6 Å². The zero-order chi connectivity index (χ0) is 12.2. The normalized spacial score (nSPS) is 14.6. The maximum Gasteiger partial charge on any atom is 0.0501 e. The molecule has 0 aromatic heterocycles. The van der Waals surface area contributed by atoms with E-state index in [1.165, 1.54) is 0 Å². The Morgan fingerprint density at radius 1 is 1.44 bits per heavy atom. The largest absolute Gasteiger partial charge is 0.396 e. The van der Waals surface area contributed by atoms with Crippen LogP contribution in [0, 0.1) is 12.3 Å². The average Bonchev–Trinajstić information content (AvgIpc) is 2.31. The van der Waals surface area contributed by atoms with Crippen molar-refractivity contribution in [2.24, 2.45) is 5.41 Å². The van der Waals surface area contributed by atoms with Crippen molar-refractivity contribution in [3.63, 3.8) is 0 Å². The fraction of sp³-hybridized carbons (Fsp3) is 0.538. The van der Waals surface area contributed by atoms with E-state index in [-0.39, 0.29) is 12.0 Å². The summed E-state index contributed by atoms with van der Waals surface area (Å²) in [6.07, 6.45) is 0.941. The number of anilines is 1. The maximum absolute atomic E-state index is 9.32. The molecule has 0 radical (unpaired) electrons. The van der Waals surface area contributed by atoms with E-state index in [4.69, 9.17) is 11.6 Å².